The molecule has 1 aromatic carbocycles. The molecule has 2 heterocycles. The third-order valence-electron chi connectivity index (χ3n) is 3.14. The van der Waals surface area contributed by atoms with E-state index in [-0.39, 0.29) is 11.9 Å². The third kappa shape index (κ3) is 3.00. The molecule has 1 amide bonds. The Morgan fingerprint density at radius 3 is 2.95 bits per heavy atom. The van der Waals surface area contributed by atoms with E-state index in [4.69, 9.17) is 0 Å². The van der Waals surface area contributed by atoms with Crippen LogP contribution in [0.25, 0.3) is 11.3 Å². The molecule has 2 N–H and O–H groups in total. The zero-order chi connectivity index (χ0) is 13.1. The second-order valence-corrected chi connectivity index (χ2v) is 5.52. The summed E-state index contributed by atoms with van der Waals surface area (Å²) in [4.78, 5) is 15.7. The van der Waals surface area contributed by atoms with Gasteiger partial charge in [0.05, 0.1) is 5.69 Å². The van der Waals surface area contributed by atoms with Gasteiger partial charge in [0.2, 0.25) is 5.91 Å². The predicted molar refractivity (Wildman–Crippen MR) is 75.8 cm³/mol. The molecular weight excluding hydrogens is 258 g/mol. The van der Waals surface area contributed by atoms with Crippen molar-refractivity contribution in [1.82, 2.24) is 15.6 Å². The van der Waals surface area contributed by atoms with Crippen molar-refractivity contribution in [2.45, 2.75) is 19.0 Å². The summed E-state index contributed by atoms with van der Waals surface area (Å²) < 4.78 is 0. The van der Waals surface area contributed by atoms with Crippen molar-refractivity contribution in [1.29, 1.82) is 0 Å². The first kappa shape index (κ1) is 12.3. The molecule has 1 unspecified atom stereocenters. The van der Waals surface area contributed by atoms with Crippen molar-refractivity contribution in [2.24, 2.45) is 0 Å². The number of nitrogens with zero attached hydrogens (tertiary/aromatic N) is 1. The second-order valence-electron chi connectivity index (χ2n) is 4.58. The van der Waals surface area contributed by atoms with Crippen molar-refractivity contribution >= 4 is 17.2 Å². The summed E-state index contributed by atoms with van der Waals surface area (Å²) in [6, 6.07) is 10.4. The summed E-state index contributed by atoms with van der Waals surface area (Å²) >= 11 is 1.65. The lowest BCUT2D eigenvalue weighted by molar-refractivity contribution is -0.119. The molecule has 4 nitrogen and oxygen atoms in total. The molecule has 98 valence electrons. The minimum Gasteiger partial charge on any atom is -0.354 e. The molecule has 1 aliphatic rings. The molecule has 3 rings (SSSR count). The Balaban J connectivity index is 1.61. The van der Waals surface area contributed by atoms with Crippen LogP contribution in [-0.2, 0) is 11.3 Å². The van der Waals surface area contributed by atoms with Gasteiger partial charge in [-0.15, -0.1) is 11.3 Å². The fourth-order valence-electron chi connectivity index (χ4n) is 2.11. The SMILES string of the molecule is O=C1CC(NCc2nc(-c3ccccc3)cs2)CN1. The number of rotatable bonds is 4. The van der Waals surface area contributed by atoms with Gasteiger partial charge in [0.1, 0.15) is 5.01 Å². The molecule has 0 bridgehead atoms. The molecule has 1 fully saturated rings. The standard InChI is InChI=1S/C14H15N3OS/c18-13-6-11(7-16-13)15-8-14-17-12(9-19-14)10-4-2-1-3-5-10/h1-5,9,11,15H,6-8H2,(H,16,18). The van der Waals surface area contributed by atoms with E-state index in [9.17, 15) is 4.79 Å². The first-order chi connectivity index (χ1) is 9.31. The van der Waals surface area contributed by atoms with E-state index in [1.54, 1.807) is 11.3 Å². The highest BCUT2D eigenvalue weighted by Gasteiger charge is 2.20. The van der Waals surface area contributed by atoms with Crippen molar-refractivity contribution in [3.8, 4) is 11.3 Å². The lowest BCUT2D eigenvalue weighted by Crippen LogP contribution is -2.30. The van der Waals surface area contributed by atoms with E-state index < -0.39 is 0 Å². The fourth-order valence-corrected chi connectivity index (χ4v) is 2.87. The smallest absolute Gasteiger partial charge is 0.221 e. The summed E-state index contributed by atoms with van der Waals surface area (Å²) in [6.45, 7) is 1.44. The number of nitrogens with one attached hydrogen (secondary N) is 2. The van der Waals surface area contributed by atoms with Gasteiger partial charge in [0, 0.05) is 36.5 Å². The van der Waals surface area contributed by atoms with Gasteiger partial charge in [-0.1, -0.05) is 30.3 Å². The molecule has 2 aromatic rings. The zero-order valence-corrected chi connectivity index (χ0v) is 11.2. The Hall–Kier alpha value is -1.72. The van der Waals surface area contributed by atoms with Crippen molar-refractivity contribution < 1.29 is 4.79 Å². The van der Waals surface area contributed by atoms with Crippen LogP contribution in [0.3, 0.4) is 0 Å². The van der Waals surface area contributed by atoms with E-state index in [1.807, 2.05) is 18.2 Å². The summed E-state index contributed by atoms with van der Waals surface area (Å²) in [5.41, 5.74) is 2.16. The van der Waals surface area contributed by atoms with Gasteiger partial charge >= 0.3 is 0 Å². The minimum atomic E-state index is 0.126. The average molecular weight is 273 g/mol. The van der Waals surface area contributed by atoms with Crippen LogP contribution in [0.1, 0.15) is 11.4 Å². The third-order valence-corrected chi connectivity index (χ3v) is 3.99. The number of hydrogen-bond donors (Lipinski definition) is 2. The molecule has 0 spiro atoms. The lowest BCUT2D eigenvalue weighted by atomic mass is 10.2. The average Bonchev–Trinajstić information content (AvgIpc) is 3.06. The highest BCUT2D eigenvalue weighted by atomic mass is 32.1. The van der Waals surface area contributed by atoms with Crippen LogP contribution in [0.4, 0.5) is 0 Å². The normalized spacial score (nSPS) is 18.5. The Kier molecular flexibility index (Phi) is 3.57. The van der Waals surface area contributed by atoms with Gasteiger partial charge in [0.15, 0.2) is 0 Å². The fraction of sp³-hybridized carbons (Fsp3) is 0.286. The monoisotopic (exact) mass is 273 g/mol. The maximum atomic E-state index is 11.1. The number of aromatic nitrogens is 1. The highest BCUT2D eigenvalue weighted by Crippen LogP contribution is 2.21. The van der Waals surface area contributed by atoms with E-state index in [0.717, 1.165) is 29.4 Å². The highest BCUT2D eigenvalue weighted by molar-refractivity contribution is 7.09. The van der Waals surface area contributed by atoms with E-state index in [1.165, 1.54) is 0 Å². The van der Waals surface area contributed by atoms with E-state index >= 15 is 0 Å². The molecule has 5 heteroatoms. The van der Waals surface area contributed by atoms with Gasteiger partial charge in [-0.05, 0) is 0 Å². The van der Waals surface area contributed by atoms with Crippen LogP contribution < -0.4 is 10.6 Å². The van der Waals surface area contributed by atoms with Gasteiger partial charge in [-0.25, -0.2) is 4.98 Å². The van der Waals surface area contributed by atoms with Gasteiger partial charge in [0.25, 0.3) is 0 Å². The van der Waals surface area contributed by atoms with Crippen molar-refractivity contribution in [3.63, 3.8) is 0 Å². The molecule has 1 saturated heterocycles. The molecular formula is C14H15N3OS. The van der Waals surface area contributed by atoms with Gasteiger partial charge < -0.3 is 10.6 Å². The second kappa shape index (κ2) is 5.50. The van der Waals surface area contributed by atoms with Gasteiger partial charge in [-0.2, -0.15) is 0 Å². The number of carbonyl (C=O) groups is 1. The van der Waals surface area contributed by atoms with Crippen LogP contribution in [-0.4, -0.2) is 23.5 Å². The summed E-state index contributed by atoms with van der Waals surface area (Å²) in [6.07, 6.45) is 0.566. The quantitative estimate of drug-likeness (QED) is 0.893. The van der Waals surface area contributed by atoms with E-state index in [2.05, 4.69) is 33.1 Å². The molecule has 1 aliphatic heterocycles. The van der Waals surface area contributed by atoms with Crippen LogP contribution in [0.15, 0.2) is 35.7 Å². The van der Waals surface area contributed by atoms with E-state index in [0.29, 0.717) is 6.42 Å². The summed E-state index contributed by atoms with van der Waals surface area (Å²) in [7, 11) is 0. The molecule has 0 aliphatic carbocycles. The molecule has 19 heavy (non-hydrogen) atoms. The molecule has 0 saturated carbocycles. The number of amides is 1. The molecule has 1 aromatic heterocycles. The Morgan fingerprint density at radius 2 is 2.21 bits per heavy atom. The first-order valence-corrected chi connectivity index (χ1v) is 7.19. The van der Waals surface area contributed by atoms with Crippen molar-refractivity contribution in [3.05, 3.63) is 40.7 Å². The molecule has 0 radical (unpaired) electrons. The number of thiazole rings is 1. The van der Waals surface area contributed by atoms with Crippen LogP contribution in [0, 0.1) is 0 Å². The first-order valence-electron chi connectivity index (χ1n) is 6.31. The Labute approximate surface area is 115 Å². The Bertz CT molecular complexity index is 567. The number of benzene rings is 1. The van der Waals surface area contributed by atoms with Crippen LogP contribution >= 0.6 is 11.3 Å². The summed E-state index contributed by atoms with van der Waals surface area (Å²) in [5.74, 6) is 0.126. The van der Waals surface area contributed by atoms with Gasteiger partial charge in [-0.3, -0.25) is 4.79 Å². The van der Waals surface area contributed by atoms with Crippen LogP contribution in [0.2, 0.25) is 0 Å². The number of hydrogen-bond acceptors (Lipinski definition) is 4. The zero-order valence-electron chi connectivity index (χ0n) is 10.4. The maximum Gasteiger partial charge on any atom is 0.221 e. The summed E-state index contributed by atoms with van der Waals surface area (Å²) in [5, 5.41) is 9.30. The predicted octanol–water partition coefficient (Wildman–Crippen LogP) is 1.79. The topological polar surface area (TPSA) is 54.0 Å². The molecule has 1 atom stereocenters. The largest absolute Gasteiger partial charge is 0.354 e. The lowest BCUT2D eigenvalue weighted by Gasteiger charge is -2.07. The Morgan fingerprint density at radius 1 is 1.37 bits per heavy atom. The minimum absolute atomic E-state index is 0.126. The number of carbonyl (C=O) groups excluding carboxylic acids is 1. The van der Waals surface area contributed by atoms with Crippen molar-refractivity contribution in [2.75, 3.05) is 6.54 Å². The maximum absolute atomic E-state index is 11.1. The van der Waals surface area contributed by atoms with Crippen LogP contribution in [0.5, 0.6) is 0 Å².